The molecule has 0 radical (unpaired) electrons. The predicted octanol–water partition coefficient (Wildman–Crippen LogP) is 5.10. The summed E-state index contributed by atoms with van der Waals surface area (Å²) in [4.78, 5) is 0. The maximum Gasteiger partial charge on any atom is 0.0497 e. The Bertz CT molecular complexity index is 422. The van der Waals surface area contributed by atoms with Crippen LogP contribution in [0.2, 0.25) is 0 Å². The van der Waals surface area contributed by atoms with Gasteiger partial charge in [-0.1, -0.05) is 52.0 Å². The third kappa shape index (κ3) is 3.44. The third-order valence-electron chi connectivity index (χ3n) is 5.19. The average molecular weight is 274 g/mol. The molecule has 1 nitrogen and oxygen atoms in total. The number of hydrogen-bond donors (Lipinski definition) is 1. The fourth-order valence-electron chi connectivity index (χ4n) is 3.70. The number of aliphatic hydroxyl groups excluding tert-OH is 1. The predicted molar refractivity (Wildman–Crippen MR) is 86.1 cm³/mol. The van der Waals surface area contributed by atoms with Crippen LogP contribution in [0.4, 0.5) is 0 Å². The van der Waals surface area contributed by atoms with E-state index in [1.807, 2.05) is 0 Å². The van der Waals surface area contributed by atoms with Gasteiger partial charge in [-0.25, -0.2) is 0 Å². The molecule has 0 saturated heterocycles. The minimum absolute atomic E-state index is 0.244. The van der Waals surface area contributed by atoms with E-state index < -0.39 is 0 Å². The second kappa shape index (κ2) is 6.30. The number of hydrogen-bond acceptors (Lipinski definition) is 1. The molecule has 1 atom stereocenters. The van der Waals surface area contributed by atoms with Gasteiger partial charge in [-0.15, -0.1) is 0 Å². The number of rotatable bonds is 3. The van der Waals surface area contributed by atoms with Crippen LogP contribution in [0.5, 0.6) is 0 Å². The molecular weight excluding hydrogens is 244 g/mol. The van der Waals surface area contributed by atoms with Crippen LogP contribution in [0, 0.1) is 11.3 Å². The van der Waals surface area contributed by atoms with Crippen molar-refractivity contribution in [3.63, 3.8) is 0 Å². The molecule has 1 heteroatoms. The van der Waals surface area contributed by atoms with E-state index in [1.54, 1.807) is 0 Å². The Morgan fingerprint density at radius 1 is 1.10 bits per heavy atom. The molecular formula is C19H30O. The van der Waals surface area contributed by atoms with Gasteiger partial charge in [0.05, 0.1) is 0 Å². The molecule has 20 heavy (non-hydrogen) atoms. The molecule has 1 unspecified atom stereocenters. The first-order valence-electron chi connectivity index (χ1n) is 8.13. The second-order valence-corrected chi connectivity index (χ2v) is 7.63. The minimum atomic E-state index is 0.244. The van der Waals surface area contributed by atoms with Crippen LogP contribution in [0.15, 0.2) is 24.3 Å². The highest BCUT2D eigenvalue weighted by Gasteiger charge is 2.31. The van der Waals surface area contributed by atoms with Crippen LogP contribution in [0.1, 0.15) is 76.3 Å². The Hall–Kier alpha value is -0.820. The molecule has 1 N–H and O–H groups in total. The van der Waals surface area contributed by atoms with Gasteiger partial charge in [-0.05, 0) is 54.1 Å². The van der Waals surface area contributed by atoms with Crippen molar-refractivity contribution < 1.29 is 5.11 Å². The summed E-state index contributed by atoms with van der Waals surface area (Å²) >= 11 is 0. The Morgan fingerprint density at radius 3 is 2.25 bits per heavy atom. The number of aliphatic hydroxyl groups is 1. The summed E-state index contributed by atoms with van der Waals surface area (Å²) in [5, 5.41) is 9.46. The van der Waals surface area contributed by atoms with E-state index in [4.69, 9.17) is 0 Å². The third-order valence-corrected chi connectivity index (χ3v) is 5.19. The summed E-state index contributed by atoms with van der Waals surface area (Å²) in [5.41, 5.74) is 3.29. The zero-order chi connectivity index (χ0) is 14.8. The molecule has 112 valence electrons. The van der Waals surface area contributed by atoms with Crippen molar-refractivity contribution in [2.45, 2.75) is 65.2 Å². The van der Waals surface area contributed by atoms with Crippen LogP contribution in [-0.4, -0.2) is 11.7 Å². The van der Waals surface area contributed by atoms with Crippen molar-refractivity contribution in [3.8, 4) is 0 Å². The maximum atomic E-state index is 9.46. The fraction of sp³-hybridized carbons (Fsp3) is 0.684. The Balaban J connectivity index is 2.11. The van der Waals surface area contributed by atoms with Gasteiger partial charge in [0.2, 0.25) is 0 Å². The molecule has 1 saturated carbocycles. The van der Waals surface area contributed by atoms with Gasteiger partial charge in [0, 0.05) is 12.5 Å². The summed E-state index contributed by atoms with van der Waals surface area (Å²) in [7, 11) is 0. The molecule has 0 aliphatic heterocycles. The van der Waals surface area contributed by atoms with Crippen molar-refractivity contribution in [3.05, 3.63) is 35.4 Å². The monoisotopic (exact) mass is 274 g/mol. The highest BCUT2D eigenvalue weighted by atomic mass is 16.3. The van der Waals surface area contributed by atoms with E-state index in [2.05, 4.69) is 52.0 Å². The minimum Gasteiger partial charge on any atom is -0.396 e. The smallest absolute Gasteiger partial charge is 0.0497 e. The summed E-state index contributed by atoms with van der Waals surface area (Å²) in [6.07, 6.45) is 5.29. The lowest BCUT2D eigenvalue weighted by molar-refractivity contribution is 0.168. The largest absolute Gasteiger partial charge is 0.396 e. The van der Waals surface area contributed by atoms with Crippen LogP contribution >= 0.6 is 0 Å². The lowest BCUT2D eigenvalue weighted by Gasteiger charge is -2.37. The molecule has 0 heterocycles. The molecule has 0 bridgehead atoms. The highest BCUT2D eigenvalue weighted by Crippen LogP contribution is 2.44. The van der Waals surface area contributed by atoms with Crippen LogP contribution in [0.3, 0.4) is 0 Å². The second-order valence-electron chi connectivity index (χ2n) is 7.63. The molecule has 1 aliphatic rings. The SMILES string of the molecule is CC(CO)c1ccccc1C1CCC(C(C)(C)C)CC1. The van der Waals surface area contributed by atoms with E-state index in [1.165, 1.54) is 36.8 Å². The van der Waals surface area contributed by atoms with Gasteiger partial charge in [-0.3, -0.25) is 0 Å². The molecule has 1 aromatic carbocycles. The Kier molecular flexibility index (Phi) is 4.90. The molecule has 0 aromatic heterocycles. The molecule has 1 aliphatic carbocycles. The lowest BCUT2D eigenvalue weighted by atomic mass is 9.68. The molecule has 1 fully saturated rings. The quantitative estimate of drug-likeness (QED) is 0.812. The summed E-state index contributed by atoms with van der Waals surface area (Å²) in [6, 6.07) is 8.74. The van der Waals surface area contributed by atoms with E-state index in [0.29, 0.717) is 11.3 Å². The molecule has 2 rings (SSSR count). The normalized spacial score (nSPS) is 25.4. The van der Waals surface area contributed by atoms with Gasteiger partial charge in [0.15, 0.2) is 0 Å². The average Bonchev–Trinajstić information content (AvgIpc) is 2.45. The van der Waals surface area contributed by atoms with Crippen molar-refractivity contribution in [2.24, 2.45) is 11.3 Å². The Labute approximate surface area is 124 Å². The first-order valence-corrected chi connectivity index (χ1v) is 8.13. The van der Waals surface area contributed by atoms with Gasteiger partial charge in [0.1, 0.15) is 0 Å². The summed E-state index contributed by atoms with van der Waals surface area (Å²) in [6.45, 7) is 9.49. The molecule has 0 amide bonds. The zero-order valence-electron chi connectivity index (χ0n) is 13.5. The zero-order valence-corrected chi connectivity index (χ0v) is 13.5. The van der Waals surface area contributed by atoms with Gasteiger partial charge in [-0.2, -0.15) is 0 Å². The van der Waals surface area contributed by atoms with Crippen LogP contribution in [-0.2, 0) is 0 Å². The van der Waals surface area contributed by atoms with Crippen molar-refractivity contribution in [2.75, 3.05) is 6.61 Å². The van der Waals surface area contributed by atoms with E-state index >= 15 is 0 Å². The first kappa shape index (κ1) is 15.6. The van der Waals surface area contributed by atoms with Gasteiger partial charge >= 0.3 is 0 Å². The van der Waals surface area contributed by atoms with Crippen molar-refractivity contribution in [1.82, 2.24) is 0 Å². The van der Waals surface area contributed by atoms with Crippen LogP contribution in [0.25, 0.3) is 0 Å². The standard InChI is InChI=1S/C19H30O/c1-14(13-20)17-7-5-6-8-18(17)15-9-11-16(12-10-15)19(2,3)4/h5-8,14-16,20H,9-13H2,1-4H3. The highest BCUT2D eigenvalue weighted by molar-refractivity contribution is 5.33. The van der Waals surface area contributed by atoms with Crippen molar-refractivity contribution in [1.29, 1.82) is 0 Å². The van der Waals surface area contributed by atoms with Gasteiger partial charge in [0.25, 0.3) is 0 Å². The Morgan fingerprint density at radius 2 is 1.70 bits per heavy atom. The van der Waals surface area contributed by atoms with Gasteiger partial charge < -0.3 is 5.11 Å². The number of benzene rings is 1. The fourth-order valence-corrected chi connectivity index (χ4v) is 3.70. The summed E-state index contributed by atoms with van der Waals surface area (Å²) < 4.78 is 0. The van der Waals surface area contributed by atoms with E-state index in [0.717, 1.165) is 5.92 Å². The molecule has 1 aromatic rings. The maximum absolute atomic E-state index is 9.46. The molecule has 0 spiro atoms. The van der Waals surface area contributed by atoms with E-state index in [-0.39, 0.29) is 12.5 Å². The summed E-state index contributed by atoms with van der Waals surface area (Å²) in [5.74, 6) is 1.81. The lowest BCUT2D eigenvalue weighted by Crippen LogP contribution is -2.25. The van der Waals surface area contributed by atoms with E-state index in [9.17, 15) is 5.11 Å². The first-order chi connectivity index (χ1) is 9.43. The van der Waals surface area contributed by atoms with Crippen molar-refractivity contribution >= 4 is 0 Å². The van der Waals surface area contributed by atoms with Crippen LogP contribution < -0.4 is 0 Å². The topological polar surface area (TPSA) is 20.2 Å².